The molecule has 1 aromatic rings. The van der Waals surface area contributed by atoms with E-state index < -0.39 is 0 Å². The van der Waals surface area contributed by atoms with E-state index in [0.717, 1.165) is 12.2 Å². The van der Waals surface area contributed by atoms with Gasteiger partial charge in [-0.05, 0) is 19.9 Å². The van der Waals surface area contributed by atoms with Gasteiger partial charge in [-0.15, -0.1) is 11.3 Å². The minimum absolute atomic E-state index is 0.473. The van der Waals surface area contributed by atoms with E-state index in [2.05, 4.69) is 36.5 Å². The summed E-state index contributed by atoms with van der Waals surface area (Å²) in [7, 11) is 0. The topological polar surface area (TPSA) is 24.9 Å². The van der Waals surface area contributed by atoms with Crippen molar-refractivity contribution >= 4 is 11.3 Å². The zero-order chi connectivity index (χ0) is 12.5. The van der Waals surface area contributed by atoms with Crippen LogP contribution < -0.4 is 5.32 Å². The van der Waals surface area contributed by atoms with Gasteiger partial charge in [0.25, 0.3) is 0 Å². The number of rotatable bonds is 9. The van der Waals surface area contributed by atoms with Crippen molar-refractivity contribution in [3.05, 3.63) is 16.1 Å². The number of aromatic nitrogens is 1. The van der Waals surface area contributed by atoms with Gasteiger partial charge in [0.05, 0.1) is 6.04 Å². The van der Waals surface area contributed by atoms with E-state index in [1.807, 2.05) is 0 Å². The monoisotopic (exact) mass is 254 g/mol. The number of nitrogens with zero attached hydrogens (tertiary/aromatic N) is 1. The standard InChI is InChI=1S/C14H26N2S/c1-4-6-7-8-9-10-13(15-5-2)14-16-12(3)11-17-14/h11,13,15H,4-10H2,1-3H3. The van der Waals surface area contributed by atoms with Gasteiger partial charge >= 0.3 is 0 Å². The molecule has 0 amide bonds. The van der Waals surface area contributed by atoms with E-state index >= 15 is 0 Å². The van der Waals surface area contributed by atoms with Gasteiger partial charge in [-0.3, -0.25) is 0 Å². The first kappa shape index (κ1) is 14.7. The highest BCUT2D eigenvalue weighted by Gasteiger charge is 2.13. The van der Waals surface area contributed by atoms with Gasteiger partial charge in [0.15, 0.2) is 0 Å². The van der Waals surface area contributed by atoms with Crippen LogP contribution in [0.2, 0.25) is 0 Å². The summed E-state index contributed by atoms with van der Waals surface area (Å²) in [6, 6.07) is 0.473. The largest absolute Gasteiger partial charge is 0.308 e. The van der Waals surface area contributed by atoms with Gasteiger partial charge in [-0.25, -0.2) is 4.98 Å². The molecule has 1 atom stereocenters. The lowest BCUT2D eigenvalue weighted by molar-refractivity contribution is 0.477. The molecular weight excluding hydrogens is 228 g/mol. The first-order valence-corrected chi connectivity index (χ1v) is 7.81. The maximum absolute atomic E-state index is 4.60. The molecule has 0 radical (unpaired) electrons. The van der Waals surface area contributed by atoms with Crippen LogP contribution >= 0.6 is 11.3 Å². The Hall–Kier alpha value is -0.410. The molecule has 1 N–H and O–H groups in total. The van der Waals surface area contributed by atoms with E-state index in [1.54, 1.807) is 11.3 Å². The summed E-state index contributed by atoms with van der Waals surface area (Å²) < 4.78 is 0. The maximum atomic E-state index is 4.60. The molecule has 0 aliphatic rings. The summed E-state index contributed by atoms with van der Waals surface area (Å²) in [6.45, 7) is 7.53. The van der Waals surface area contributed by atoms with Crippen LogP contribution in [0.1, 0.15) is 69.1 Å². The highest BCUT2D eigenvalue weighted by Crippen LogP contribution is 2.23. The minimum atomic E-state index is 0.473. The summed E-state index contributed by atoms with van der Waals surface area (Å²) in [4.78, 5) is 4.60. The predicted molar refractivity (Wildman–Crippen MR) is 76.6 cm³/mol. The predicted octanol–water partition coefficient (Wildman–Crippen LogP) is 4.46. The second-order valence-electron chi connectivity index (χ2n) is 4.64. The Balaban J connectivity index is 2.33. The molecule has 0 saturated carbocycles. The highest BCUT2D eigenvalue weighted by molar-refractivity contribution is 7.09. The number of aryl methyl sites for hydroxylation is 1. The van der Waals surface area contributed by atoms with Crippen LogP contribution in [-0.4, -0.2) is 11.5 Å². The average Bonchev–Trinajstić information content (AvgIpc) is 2.74. The molecule has 1 heterocycles. The molecule has 1 rings (SSSR count). The molecule has 1 unspecified atom stereocenters. The van der Waals surface area contributed by atoms with Gasteiger partial charge in [0.1, 0.15) is 5.01 Å². The van der Waals surface area contributed by atoms with E-state index in [1.165, 1.54) is 43.5 Å². The molecule has 98 valence electrons. The summed E-state index contributed by atoms with van der Waals surface area (Å²) in [5.74, 6) is 0. The highest BCUT2D eigenvalue weighted by atomic mass is 32.1. The fraction of sp³-hybridized carbons (Fsp3) is 0.786. The summed E-state index contributed by atoms with van der Waals surface area (Å²) >= 11 is 1.79. The van der Waals surface area contributed by atoms with Gasteiger partial charge in [0.2, 0.25) is 0 Å². The Labute approximate surface area is 110 Å². The van der Waals surface area contributed by atoms with E-state index in [9.17, 15) is 0 Å². The van der Waals surface area contributed by atoms with Crippen molar-refractivity contribution in [3.8, 4) is 0 Å². The molecule has 0 spiro atoms. The van der Waals surface area contributed by atoms with Crippen LogP contribution in [0, 0.1) is 6.92 Å². The molecule has 0 fully saturated rings. The third-order valence-electron chi connectivity index (χ3n) is 2.98. The number of thiazole rings is 1. The lowest BCUT2D eigenvalue weighted by atomic mass is 10.1. The zero-order valence-corrected chi connectivity index (χ0v) is 12.3. The van der Waals surface area contributed by atoms with Gasteiger partial charge in [-0.2, -0.15) is 0 Å². The SMILES string of the molecule is CCCCCCCC(NCC)c1nc(C)cs1. The lowest BCUT2D eigenvalue weighted by Crippen LogP contribution is -2.20. The zero-order valence-electron chi connectivity index (χ0n) is 11.5. The Morgan fingerprint density at radius 2 is 2.00 bits per heavy atom. The molecule has 1 aromatic heterocycles. The molecule has 2 nitrogen and oxygen atoms in total. The maximum Gasteiger partial charge on any atom is 0.110 e. The van der Waals surface area contributed by atoms with Crippen LogP contribution in [0.3, 0.4) is 0 Å². The average molecular weight is 254 g/mol. The Kier molecular flexibility index (Phi) is 7.45. The molecule has 0 aromatic carbocycles. The second-order valence-corrected chi connectivity index (χ2v) is 5.53. The number of hydrogen-bond donors (Lipinski definition) is 1. The summed E-state index contributed by atoms with van der Waals surface area (Å²) in [6.07, 6.45) is 7.98. The Morgan fingerprint density at radius 3 is 2.59 bits per heavy atom. The van der Waals surface area contributed by atoms with E-state index in [-0.39, 0.29) is 0 Å². The lowest BCUT2D eigenvalue weighted by Gasteiger charge is -2.15. The van der Waals surface area contributed by atoms with Crippen molar-refractivity contribution in [1.29, 1.82) is 0 Å². The molecule has 0 aliphatic carbocycles. The Morgan fingerprint density at radius 1 is 1.24 bits per heavy atom. The van der Waals surface area contributed by atoms with Crippen LogP contribution in [0.4, 0.5) is 0 Å². The smallest absolute Gasteiger partial charge is 0.110 e. The number of hydrogen-bond acceptors (Lipinski definition) is 3. The van der Waals surface area contributed by atoms with Crippen molar-refractivity contribution in [2.75, 3.05) is 6.54 Å². The van der Waals surface area contributed by atoms with Crippen molar-refractivity contribution in [2.45, 2.75) is 65.3 Å². The van der Waals surface area contributed by atoms with Crippen LogP contribution in [0.5, 0.6) is 0 Å². The van der Waals surface area contributed by atoms with E-state index in [0.29, 0.717) is 6.04 Å². The van der Waals surface area contributed by atoms with Crippen molar-refractivity contribution in [2.24, 2.45) is 0 Å². The minimum Gasteiger partial charge on any atom is -0.308 e. The second kappa shape index (κ2) is 8.65. The molecule has 0 saturated heterocycles. The van der Waals surface area contributed by atoms with Crippen molar-refractivity contribution in [1.82, 2.24) is 10.3 Å². The van der Waals surface area contributed by atoms with Crippen LogP contribution in [-0.2, 0) is 0 Å². The molecular formula is C14H26N2S. The fourth-order valence-corrected chi connectivity index (χ4v) is 2.95. The fourth-order valence-electron chi connectivity index (χ4n) is 2.04. The molecule has 0 aliphatic heterocycles. The quantitative estimate of drug-likeness (QED) is 0.658. The van der Waals surface area contributed by atoms with Crippen LogP contribution in [0.25, 0.3) is 0 Å². The summed E-state index contributed by atoms with van der Waals surface area (Å²) in [5, 5.41) is 6.96. The van der Waals surface area contributed by atoms with Gasteiger partial charge in [0, 0.05) is 11.1 Å². The van der Waals surface area contributed by atoms with E-state index in [4.69, 9.17) is 0 Å². The third-order valence-corrected chi connectivity index (χ3v) is 4.06. The molecule has 17 heavy (non-hydrogen) atoms. The van der Waals surface area contributed by atoms with Gasteiger partial charge < -0.3 is 5.32 Å². The number of nitrogens with one attached hydrogen (secondary N) is 1. The van der Waals surface area contributed by atoms with Gasteiger partial charge in [-0.1, -0.05) is 46.0 Å². The van der Waals surface area contributed by atoms with Crippen LogP contribution in [0.15, 0.2) is 5.38 Å². The first-order chi connectivity index (χ1) is 8.27. The molecule has 0 bridgehead atoms. The Bertz CT molecular complexity index is 296. The normalized spacial score (nSPS) is 12.9. The summed E-state index contributed by atoms with van der Waals surface area (Å²) in [5.41, 5.74) is 1.15. The van der Waals surface area contributed by atoms with Crippen molar-refractivity contribution < 1.29 is 0 Å². The molecule has 3 heteroatoms. The third kappa shape index (κ3) is 5.64. The number of unbranched alkanes of at least 4 members (excludes halogenated alkanes) is 4. The van der Waals surface area contributed by atoms with Crippen molar-refractivity contribution in [3.63, 3.8) is 0 Å². The first-order valence-electron chi connectivity index (χ1n) is 6.93.